The maximum atomic E-state index is 12.7. The summed E-state index contributed by atoms with van der Waals surface area (Å²) in [4.78, 5) is 12.7. The number of hydrogen-bond acceptors (Lipinski definition) is 6. The number of fused-ring (bicyclic) bond motifs is 1. The van der Waals surface area contributed by atoms with Crippen molar-refractivity contribution in [3.63, 3.8) is 0 Å². The summed E-state index contributed by atoms with van der Waals surface area (Å²) in [6.45, 7) is 6.47. The van der Waals surface area contributed by atoms with Crippen molar-refractivity contribution in [1.29, 1.82) is 0 Å². The minimum Gasteiger partial charge on any atom is -0.508 e. The third-order valence-corrected chi connectivity index (χ3v) is 7.53. The number of methoxy groups -OCH3 is 1. The summed E-state index contributed by atoms with van der Waals surface area (Å²) in [7, 11) is 1.58. The van der Waals surface area contributed by atoms with Crippen LogP contribution in [-0.4, -0.2) is 29.0 Å². The van der Waals surface area contributed by atoms with E-state index in [0.29, 0.717) is 12.2 Å². The highest BCUT2D eigenvalue weighted by molar-refractivity contribution is 9.14. The fraction of sp³-hybridized carbons (Fsp3) is 0.320. The summed E-state index contributed by atoms with van der Waals surface area (Å²) in [5.74, 6) is 0.461. The van der Waals surface area contributed by atoms with E-state index in [2.05, 4.69) is 48.1 Å². The van der Waals surface area contributed by atoms with Gasteiger partial charge in [-0.3, -0.25) is 4.79 Å². The number of hydrogen-bond donors (Lipinski definition) is 2. The zero-order valence-corrected chi connectivity index (χ0v) is 20.9. The van der Waals surface area contributed by atoms with Crippen molar-refractivity contribution in [1.82, 2.24) is 0 Å². The predicted octanol–water partition coefficient (Wildman–Crippen LogP) is 6.46. The van der Waals surface area contributed by atoms with Crippen molar-refractivity contribution < 1.29 is 19.4 Å². The molecule has 2 aromatic rings. The Morgan fingerprint density at radius 3 is 2.72 bits per heavy atom. The van der Waals surface area contributed by atoms with Gasteiger partial charge in [-0.1, -0.05) is 18.2 Å². The van der Waals surface area contributed by atoms with E-state index in [1.54, 1.807) is 19.2 Å². The molecule has 2 N–H and O–H groups in total. The largest absolute Gasteiger partial charge is 0.508 e. The van der Waals surface area contributed by atoms with Crippen molar-refractivity contribution in [2.24, 2.45) is 0 Å². The lowest BCUT2D eigenvalue weighted by Gasteiger charge is -2.33. The Balaban J connectivity index is 1.77. The summed E-state index contributed by atoms with van der Waals surface area (Å²) >= 11 is 4.92. The van der Waals surface area contributed by atoms with Gasteiger partial charge in [-0.15, -0.1) is 11.8 Å². The number of halogens is 1. The minimum absolute atomic E-state index is 0.132. The highest BCUT2D eigenvalue weighted by Gasteiger charge is 2.29. The van der Waals surface area contributed by atoms with E-state index >= 15 is 0 Å². The van der Waals surface area contributed by atoms with Gasteiger partial charge in [0.2, 0.25) is 0 Å². The van der Waals surface area contributed by atoms with Crippen LogP contribution < -0.4 is 10.1 Å². The number of allylic oxidation sites excluding steroid dienone is 2. The number of esters is 1. The van der Waals surface area contributed by atoms with E-state index in [1.807, 2.05) is 24.3 Å². The molecular formula is C25H26BrNO4S. The predicted molar refractivity (Wildman–Crippen MR) is 134 cm³/mol. The molecule has 0 fully saturated rings. The van der Waals surface area contributed by atoms with E-state index in [1.165, 1.54) is 11.8 Å². The molecule has 2 aliphatic heterocycles. The molecule has 32 heavy (non-hydrogen) atoms. The molecule has 7 heteroatoms. The molecule has 0 saturated heterocycles. The summed E-state index contributed by atoms with van der Waals surface area (Å²) in [5.41, 5.74) is 5.62. The van der Waals surface area contributed by atoms with Crippen molar-refractivity contribution in [3.05, 3.63) is 57.4 Å². The maximum Gasteiger partial charge on any atom is 0.320 e. The molecular weight excluding hydrogens is 490 g/mol. The van der Waals surface area contributed by atoms with Gasteiger partial charge < -0.3 is 19.9 Å². The summed E-state index contributed by atoms with van der Waals surface area (Å²) in [6, 6.07) is 9.12. The summed E-state index contributed by atoms with van der Waals surface area (Å²) < 4.78 is 12.3. The number of anilines is 1. The molecule has 5 nitrogen and oxygen atoms in total. The average Bonchev–Trinajstić information content (AvgIpc) is 3.17. The first-order valence-corrected chi connectivity index (χ1v) is 12.1. The molecule has 2 aromatic carbocycles. The van der Waals surface area contributed by atoms with Crippen LogP contribution in [0, 0.1) is 0 Å². The number of phenols is 1. The quantitative estimate of drug-likeness (QED) is 0.445. The van der Waals surface area contributed by atoms with Gasteiger partial charge in [0, 0.05) is 32.3 Å². The van der Waals surface area contributed by atoms with E-state index in [9.17, 15) is 9.90 Å². The molecule has 2 heterocycles. The SMILES string of the molecule is COc1cc(O)ccc1-c1ccc2c(c1COC(=O)C1CC=C(Br)S1)C(C)=CC(C)(C)N2. The van der Waals surface area contributed by atoms with Gasteiger partial charge in [0.15, 0.2) is 0 Å². The smallest absolute Gasteiger partial charge is 0.320 e. The van der Waals surface area contributed by atoms with Gasteiger partial charge in [-0.05, 0) is 72.5 Å². The van der Waals surface area contributed by atoms with Crippen LogP contribution in [0.1, 0.15) is 38.3 Å². The molecule has 0 saturated carbocycles. The number of rotatable bonds is 5. The fourth-order valence-electron chi connectivity index (χ4n) is 4.32. The number of benzene rings is 2. The van der Waals surface area contributed by atoms with Crippen molar-refractivity contribution in [2.45, 2.75) is 44.6 Å². The lowest BCUT2D eigenvalue weighted by molar-refractivity contribution is -0.144. The van der Waals surface area contributed by atoms with Crippen LogP contribution in [0.15, 0.2) is 46.3 Å². The zero-order valence-electron chi connectivity index (χ0n) is 18.5. The van der Waals surface area contributed by atoms with Crippen LogP contribution in [0.3, 0.4) is 0 Å². The molecule has 0 spiro atoms. The van der Waals surface area contributed by atoms with Crippen LogP contribution in [0.25, 0.3) is 16.7 Å². The monoisotopic (exact) mass is 515 g/mol. The number of nitrogens with one attached hydrogen (secondary N) is 1. The Morgan fingerprint density at radius 2 is 2.03 bits per heavy atom. The molecule has 0 aliphatic carbocycles. The molecule has 1 atom stereocenters. The van der Waals surface area contributed by atoms with Crippen LogP contribution in [-0.2, 0) is 16.1 Å². The standard InChI is InChI=1S/C25H26BrNO4S/c1-14-12-25(2,3)27-19-8-7-16(17-6-5-15(28)11-20(17)30-4)18(23(14)19)13-31-24(29)21-9-10-22(26)32-21/h5-8,10-12,21,27-28H,9,13H2,1-4H3. The van der Waals surface area contributed by atoms with E-state index in [0.717, 1.165) is 37.3 Å². The Bertz CT molecular complexity index is 1140. The van der Waals surface area contributed by atoms with Gasteiger partial charge in [-0.25, -0.2) is 0 Å². The first-order valence-electron chi connectivity index (χ1n) is 10.4. The number of phenolic OH excluding ortho intramolecular Hbond substituents is 1. The highest BCUT2D eigenvalue weighted by atomic mass is 79.9. The second-order valence-corrected chi connectivity index (χ2v) is 11.2. The topological polar surface area (TPSA) is 67.8 Å². The number of ether oxygens (including phenoxy) is 2. The van der Waals surface area contributed by atoms with Crippen LogP contribution in [0.4, 0.5) is 5.69 Å². The Kier molecular flexibility index (Phi) is 6.32. The lowest BCUT2D eigenvalue weighted by Crippen LogP contribution is -2.32. The molecule has 2 aliphatic rings. The molecule has 1 unspecified atom stereocenters. The second kappa shape index (κ2) is 8.87. The van der Waals surface area contributed by atoms with Crippen LogP contribution in [0.5, 0.6) is 11.5 Å². The summed E-state index contributed by atoms with van der Waals surface area (Å²) in [5, 5.41) is 13.2. The first kappa shape index (κ1) is 22.8. The maximum absolute atomic E-state index is 12.7. The molecule has 0 radical (unpaired) electrons. The third-order valence-electron chi connectivity index (χ3n) is 5.59. The van der Waals surface area contributed by atoms with Gasteiger partial charge in [0.25, 0.3) is 0 Å². The summed E-state index contributed by atoms with van der Waals surface area (Å²) in [6.07, 6.45) is 4.84. The molecule has 4 rings (SSSR count). The van der Waals surface area contributed by atoms with Gasteiger partial charge in [-0.2, -0.15) is 0 Å². The number of carbonyl (C=O) groups is 1. The Hall–Kier alpha value is -2.38. The van der Waals surface area contributed by atoms with Crippen molar-refractivity contribution >= 4 is 44.9 Å². The number of thioether (sulfide) groups is 1. The number of carbonyl (C=O) groups excluding carboxylic acids is 1. The second-order valence-electron chi connectivity index (χ2n) is 8.53. The minimum atomic E-state index is -0.232. The van der Waals surface area contributed by atoms with Gasteiger partial charge in [0.05, 0.1) is 12.6 Å². The van der Waals surface area contributed by atoms with E-state index in [4.69, 9.17) is 9.47 Å². The lowest BCUT2D eigenvalue weighted by atomic mass is 9.85. The van der Waals surface area contributed by atoms with E-state index < -0.39 is 0 Å². The van der Waals surface area contributed by atoms with Crippen LogP contribution >= 0.6 is 27.7 Å². The normalized spacial score (nSPS) is 18.8. The number of aromatic hydroxyl groups is 1. The van der Waals surface area contributed by atoms with Crippen LogP contribution in [0.2, 0.25) is 0 Å². The molecule has 0 bridgehead atoms. The highest BCUT2D eigenvalue weighted by Crippen LogP contribution is 2.43. The molecule has 168 valence electrons. The fourth-order valence-corrected chi connectivity index (χ4v) is 6.00. The van der Waals surface area contributed by atoms with Gasteiger partial charge >= 0.3 is 5.97 Å². The molecule has 0 amide bonds. The first-order chi connectivity index (χ1) is 15.2. The van der Waals surface area contributed by atoms with Crippen molar-refractivity contribution in [2.75, 3.05) is 12.4 Å². The van der Waals surface area contributed by atoms with E-state index in [-0.39, 0.29) is 29.1 Å². The third kappa shape index (κ3) is 4.55. The average molecular weight is 516 g/mol. The Labute approximate surface area is 201 Å². The zero-order chi connectivity index (χ0) is 23.0. The Morgan fingerprint density at radius 1 is 1.28 bits per heavy atom. The molecule has 0 aromatic heterocycles. The van der Waals surface area contributed by atoms with Crippen molar-refractivity contribution in [3.8, 4) is 22.6 Å². The van der Waals surface area contributed by atoms with Gasteiger partial charge in [0.1, 0.15) is 23.4 Å².